The molecular formula is C14H12N4O2S. The highest BCUT2D eigenvalue weighted by atomic mass is 32.1. The number of non-ortho nitro benzene ring substituents is 1. The Bertz CT molecular complexity index is 789. The standard InChI is InChI=1S/C14H12N4O2S/c1-9(10-4-5-21-7-10)17-14-12-6-11(18(19)20)2-3-13(12)15-8-16-14/h2-9H,1H3,(H,15,16,17). The van der Waals surface area contributed by atoms with Gasteiger partial charge in [-0.25, -0.2) is 9.97 Å². The second kappa shape index (κ2) is 5.45. The maximum atomic E-state index is 10.9. The normalized spacial score (nSPS) is 12.2. The van der Waals surface area contributed by atoms with Crippen LogP contribution in [0.25, 0.3) is 10.9 Å². The van der Waals surface area contributed by atoms with Crippen molar-refractivity contribution in [3.05, 3.63) is 57.0 Å². The highest BCUT2D eigenvalue weighted by Gasteiger charge is 2.13. The fraction of sp³-hybridized carbons (Fsp3) is 0.143. The first-order chi connectivity index (χ1) is 10.1. The largest absolute Gasteiger partial charge is 0.363 e. The molecule has 0 amide bonds. The first-order valence-electron chi connectivity index (χ1n) is 6.33. The SMILES string of the molecule is CC(Nc1ncnc2ccc([N+](=O)[O-])cc12)c1ccsc1. The van der Waals surface area contributed by atoms with Crippen molar-refractivity contribution in [1.29, 1.82) is 0 Å². The van der Waals surface area contributed by atoms with Crippen LogP contribution in [-0.2, 0) is 0 Å². The van der Waals surface area contributed by atoms with Gasteiger partial charge in [-0.05, 0) is 35.4 Å². The number of thiophene rings is 1. The molecular weight excluding hydrogens is 288 g/mol. The summed E-state index contributed by atoms with van der Waals surface area (Å²) in [5.74, 6) is 0.599. The fourth-order valence-corrected chi connectivity index (χ4v) is 2.84. The summed E-state index contributed by atoms with van der Waals surface area (Å²) in [5, 5.41) is 18.9. The van der Waals surface area contributed by atoms with Crippen molar-refractivity contribution in [2.24, 2.45) is 0 Å². The third kappa shape index (κ3) is 2.68. The van der Waals surface area contributed by atoms with Crippen molar-refractivity contribution in [3.63, 3.8) is 0 Å². The van der Waals surface area contributed by atoms with Gasteiger partial charge in [0.05, 0.1) is 16.5 Å². The summed E-state index contributed by atoms with van der Waals surface area (Å²) in [4.78, 5) is 18.8. The summed E-state index contributed by atoms with van der Waals surface area (Å²) >= 11 is 1.63. The first kappa shape index (κ1) is 13.4. The zero-order valence-corrected chi connectivity index (χ0v) is 12.0. The van der Waals surface area contributed by atoms with Crippen LogP contribution in [0.2, 0.25) is 0 Å². The van der Waals surface area contributed by atoms with E-state index in [0.717, 1.165) is 5.56 Å². The third-order valence-electron chi connectivity index (χ3n) is 3.23. The quantitative estimate of drug-likeness (QED) is 0.586. The van der Waals surface area contributed by atoms with E-state index in [-0.39, 0.29) is 11.7 Å². The number of nitro benzene ring substituents is 1. The van der Waals surface area contributed by atoms with E-state index in [1.165, 1.54) is 18.5 Å². The molecule has 3 aromatic rings. The van der Waals surface area contributed by atoms with Crippen molar-refractivity contribution < 1.29 is 4.92 Å². The predicted molar refractivity (Wildman–Crippen MR) is 82.5 cm³/mol. The smallest absolute Gasteiger partial charge is 0.270 e. The van der Waals surface area contributed by atoms with E-state index in [1.807, 2.05) is 18.4 Å². The van der Waals surface area contributed by atoms with Crippen LogP contribution in [0.1, 0.15) is 18.5 Å². The number of fused-ring (bicyclic) bond motifs is 1. The van der Waals surface area contributed by atoms with Crippen molar-refractivity contribution in [3.8, 4) is 0 Å². The summed E-state index contributed by atoms with van der Waals surface area (Å²) in [7, 11) is 0. The maximum Gasteiger partial charge on any atom is 0.270 e. The van der Waals surface area contributed by atoms with E-state index < -0.39 is 4.92 Å². The number of benzene rings is 1. The van der Waals surface area contributed by atoms with Crippen LogP contribution in [0, 0.1) is 10.1 Å². The number of nitro groups is 1. The highest BCUT2D eigenvalue weighted by molar-refractivity contribution is 7.08. The molecule has 1 aromatic carbocycles. The van der Waals surface area contributed by atoms with Gasteiger partial charge in [-0.1, -0.05) is 0 Å². The van der Waals surface area contributed by atoms with Gasteiger partial charge in [0.25, 0.3) is 5.69 Å². The van der Waals surface area contributed by atoms with Crippen LogP contribution < -0.4 is 5.32 Å². The fourth-order valence-electron chi connectivity index (χ4n) is 2.08. The molecule has 3 rings (SSSR count). The van der Waals surface area contributed by atoms with E-state index in [2.05, 4.69) is 20.7 Å². The molecule has 1 atom stereocenters. The van der Waals surface area contributed by atoms with Crippen LogP contribution in [0.3, 0.4) is 0 Å². The lowest BCUT2D eigenvalue weighted by Gasteiger charge is -2.14. The van der Waals surface area contributed by atoms with Crippen molar-refractivity contribution >= 4 is 33.7 Å². The minimum Gasteiger partial charge on any atom is -0.363 e. The maximum absolute atomic E-state index is 10.9. The monoisotopic (exact) mass is 300 g/mol. The average Bonchev–Trinajstić information content (AvgIpc) is 3.01. The lowest BCUT2D eigenvalue weighted by molar-refractivity contribution is -0.384. The number of nitrogens with zero attached hydrogens (tertiary/aromatic N) is 3. The molecule has 1 unspecified atom stereocenters. The number of aromatic nitrogens is 2. The van der Waals surface area contributed by atoms with Crippen LogP contribution in [0.4, 0.5) is 11.5 Å². The molecule has 2 heterocycles. The zero-order chi connectivity index (χ0) is 14.8. The minimum atomic E-state index is -0.418. The summed E-state index contributed by atoms with van der Waals surface area (Å²) in [6, 6.07) is 6.68. The number of nitrogens with one attached hydrogen (secondary N) is 1. The van der Waals surface area contributed by atoms with Gasteiger partial charge in [0, 0.05) is 17.5 Å². The molecule has 21 heavy (non-hydrogen) atoms. The summed E-state index contributed by atoms with van der Waals surface area (Å²) in [5.41, 5.74) is 1.86. The van der Waals surface area contributed by atoms with Crippen molar-refractivity contribution in [2.45, 2.75) is 13.0 Å². The van der Waals surface area contributed by atoms with E-state index in [1.54, 1.807) is 17.4 Å². The lowest BCUT2D eigenvalue weighted by atomic mass is 10.1. The van der Waals surface area contributed by atoms with Gasteiger partial charge in [-0.3, -0.25) is 10.1 Å². The summed E-state index contributed by atoms with van der Waals surface area (Å²) < 4.78 is 0. The molecule has 0 fully saturated rings. The van der Waals surface area contributed by atoms with Crippen LogP contribution in [-0.4, -0.2) is 14.9 Å². The van der Waals surface area contributed by atoms with Crippen LogP contribution in [0.15, 0.2) is 41.4 Å². The zero-order valence-electron chi connectivity index (χ0n) is 11.2. The number of hydrogen-bond donors (Lipinski definition) is 1. The second-order valence-electron chi connectivity index (χ2n) is 4.60. The molecule has 0 aliphatic rings. The summed E-state index contributed by atoms with van der Waals surface area (Å²) in [6.07, 6.45) is 1.46. The lowest BCUT2D eigenvalue weighted by Crippen LogP contribution is -2.07. The Morgan fingerprint density at radius 2 is 2.19 bits per heavy atom. The Labute approximate surface area is 124 Å². The molecule has 0 bridgehead atoms. The molecule has 0 saturated carbocycles. The molecule has 0 radical (unpaired) electrons. The number of hydrogen-bond acceptors (Lipinski definition) is 6. The highest BCUT2D eigenvalue weighted by Crippen LogP contribution is 2.27. The van der Waals surface area contributed by atoms with E-state index in [9.17, 15) is 10.1 Å². The molecule has 2 aromatic heterocycles. The van der Waals surface area contributed by atoms with E-state index in [4.69, 9.17) is 0 Å². The molecule has 0 spiro atoms. The topological polar surface area (TPSA) is 81.0 Å². The molecule has 0 aliphatic heterocycles. The molecule has 0 saturated heterocycles. The molecule has 1 N–H and O–H groups in total. The average molecular weight is 300 g/mol. The van der Waals surface area contributed by atoms with Crippen LogP contribution >= 0.6 is 11.3 Å². The Kier molecular flexibility index (Phi) is 3.49. The van der Waals surface area contributed by atoms with Crippen molar-refractivity contribution in [1.82, 2.24) is 9.97 Å². The molecule has 106 valence electrons. The van der Waals surface area contributed by atoms with Gasteiger partial charge in [0.2, 0.25) is 0 Å². The van der Waals surface area contributed by atoms with Gasteiger partial charge >= 0.3 is 0 Å². The number of anilines is 1. The van der Waals surface area contributed by atoms with Crippen LogP contribution in [0.5, 0.6) is 0 Å². The van der Waals surface area contributed by atoms with Gasteiger partial charge in [0.15, 0.2) is 0 Å². The third-order valence-corrected chi connectivity index (χ3v) is 3.93. The van der Waals surface area contributed by atoms with Gasteiger partial charge in [-0.15, -0.1) is 0 Å². The minimum absolute atomic E-state index is 0.0311. The Hall–Kier alpha value is -2.54. The Morgan fingerprint density at radius 1 is 1.33 bits per heavy atom. The Morgan fingerprint density at radius 3 is 2.90 bits per heavy atom. The molecule has 7 heteroatoms. The Balaban J connectivity index is 2.01. The van der Waals surface area contributed by atoms with Gasteiger partial charge in [0.1, 0.15) is 12.1 Å². The predicted octanol–water partition coefficient (Wildman–Crippen LogP) is 3.77. The molecule has 0 aliphatic carbocycles. The number of rotatable bonds is 4. The first-order valence-corrected chi connectivity index (χ1v) is 7.27. The molecule has 6 nitrogen and oxygen atoms in total. The van der Waals surface area contributed by atoms with Gasteiger partial charge < -0.3 is 5.32 Å². The second-order valence-corrected chi connectivity index (χ2v) is 5.38. The summed E-state index contributed by atoms with van der Waals surface area (Å²) in [6.45, 7) is 2.02. The van der Waals surface area contributed by atoms with Gasteiger partial charge in [-0.2, -0.15) is 11.3 Å². The van der Waals surface area contributed by atoms with Crippen molar-refractivity contribution in [2.75, 3.05) is 5.32 Å². The van der Waals surface area contributed by atoms with E-state index in [0.29, 0.717) is 16.7 Å². The van der Waals surface area contributed by atoms with E-state index >= 15 is 0 Å².